The van der Waals surface area contributed by atoms with Gasteiger partial charge < -0.3 is 14.7 Å². The molecule has 2 heterocycles. The normalized spacial score (nSPS) is 13.7. The minimum atomic E-state index is -0.0122. The van der Waals surface area contributed by atoms with Crippen molar-refractivity contribution in [2.45, 2.75) is 20.3 Å². The molecule has 1 aromatic heterocycles. The number of para-hydroxylation sites is 2. The highest BCUT2D eigenvalue weighted by molar-refractivity contribution is 6.12. The van der Waals surface area contributed by atoms with Gasteiger partial charge in [-0.3, -0.25) is 4.79 Å². The molecule has 0 bridgehead atoms. The number of hydrogen-bond acceptors (Lipinski definition) is 4. The van der Waals surface area contributed by atoms with Gasteiger partial charge in [-0.1, -0.05) is 26.0 Å². The number of pyridine rings is 1. The molecule has 132 valence electrons. The number of anilines is 3. The molecule has 0 fully saturated rings. The van der Waals surface area contributed by atoms with Crippen molar-refractivity contribution in [1.82, 2.24) is 9.88 Å². The number of carbonyl (C=O) groups is 1. The lowest BCUT2D eigenvalue weighted by Crippen LogP contribution is -2.28. The van der Waals surface area contributed by atoms with Gasteiger partial charge in [-0.05, 0) is 50.3 Å². The van der Waals surface area contributed by atoms with Gasteiger partial charge in [0.2, 0.25) is 0 Å². The van der Waals surface area contributed by atoms with Crippen LogP contribution in [0.15, 0.2) is 42.6 Å². The summed E-state index contributed by atoms with van der Waals surface area (Å²) < 4.78 is 0. The summed E-state index contributed by atoms with van der Waals surface area (Å²) in [4.78, 5) is 23.7. The van der Waals surface area contributed by atoms with E-state index in [0.29, 0.717) is 5.56 Å². The molecule has 5 heteroatoms. The zero-order chi connectivity index (χ0) is 17.8. The molecule has 0 aliphatic carbocycles. The summed E-state index contributed by atoms with van der Waals surface area (Å²) in [6.45, 7) is 8.37. The van der Waals surface area contributed by atoms with Crippen LogP contribution in [0, 0.1) is 0 Å². The highest BCUT2D eigenvalue weighted by Gasteiger charge is 2.29. The fourth-order valence-corrected chi connectivity index (χ4v) is 3.38. The van der Waals surface area contributed by atoms with Crippen LogP contribution in [0.1, 0.15) is 30.6 Å². The molecule has 0 saturated carbocycles. The molecular weight excluding hydrogens is 312 g/mol. The van der Waals surface area contributed by atoms with E-state index in [2.05, 4.69) is 34.7 Å². The Kier molecular flexibility index (Phi) is 5.34. The third-order valence-corrected chi connectivity index (χ3v) is 4.86. The maximum absolute atomic E-state index is 12.9. The van der Waals surface area contributed by atoms with Gasteiger partial charge in [-0.25, -0.2) is 4.98 Å². The minimum absolute atomic E-state index is 0.0122. The molecule has 5 nitrogen and oxygen atoms in total. The number of hydrogen-bond donors (Lipinski definition) is 0. The van der Waals surface area contributed by atoms with Crippen LogP contribution in [-0.2, 0) is 0 Å². The maximum atomic E-state index is 12.9. The summed E-state index contributed by atoms with van der Waals surface area (Å²) in [5, 5.41) is 0. The van der Waals surface area contributed by atoms with Crippen molar-refractivity contribution in [2.24, 2.45) is 0 Å². The largest absolute Gasteiger partial charge is 0.324 e. The summed E-state index contributed by atoms with van der Waals surface area (Å²) >= 11 is 0. The van der Waals surface area contributed by atoms with Crippen LogP contribution in [0.5, 0.6) is 0 Å². The van der Waals surface area contributed by atoms with Gasteiger partial charge in [0, 0.05) is 19.8 Å². The van der Waals surface area contributed by atoms with Crippen LogP contribution in [0.3, 0.4) is 0 Å². The first-order chi connectivity index (χ1) is 12.2. The molecular formula is C20H26N4O. The second-order valence-corrected chi connectivity index (χ2v) is 6.26. The van der Waals surface area contributed by atoms with Crippen molar-refractivity contribution < 1.29 is 4.79 Å². The second kappa shape index (κ2) is 7.66. The number of benzene rings is 1. The summed E-state index contributed by atoms with van der Waals surface area (Å²) in [5.41, 5.74) is 2.62. The van der Waals surface area contributed by atoms with Crippen molar-refractivity contribution in [3.05, 3.63) is 48.2 Å². The lowest BCUT2D eigenvalue weighted by Gasteiger charge is -2.27. The molecule has 3 rings (SSSR count). The highest BCUT2D eigenvalue weighted by atomic mass is 16.2. The number of aromatic nitrogens is 1. The van der Waals surface area contributed by atoms with Crippen LogP contribution in [-0.4, -0.2) is 49.0 Å². The molecule has 0 radical (unpaired) electrons. The van der Waals surface area contributed by atoms with E-state index in [4.69, 9.17) is 0 Å². The smallest absolute Gasteiger partial charge is 0.261 e. The predicted octanol–water partition coefficient (Wildman–Crippen LogP) is 3.54. The Bertz CT molecular complexity index is 742. The quantitative estimate of drug-likeness (QED) is 0.808. The van der Waals surface area contributed by atoms with Gasteiger partial charge in [0.15, 0.2) is 0 Å². The summed E-state index contributed by atoms with van der Waals surface area (Å²) in [6, 6.07) is 11.7. The van der Waals surface area contributed by atoms with Crippen molar-refractivity contribution in [1.29, 1.82) is 0 Å². The summed E-state index contributed by atoms with van der Waals surface area (Å²) in [5.74, 6) is 0.741. The third kappa shape index (κ3) is 3.37. The fraction of sp³-hybridized carbons (Fsp3) is 0.400. The molecule has 1 aliphatic rings. The van der Waals surface area contributed by atoms with Crippen LogP contribution < -0.4 is 9.80 Å². The van der Waals surface area contributed by atoms with Crippen LogP contribution in [0.25, 0.3) is 0 Å². The second-order valence-electron chi connectivity index (χ2n) is 6.26. The Morgan fingerprint density at radius 3 is 2.48 bits per heavy atom. The topological polar surface area (TPSA) is 39.7 Å². The molecule has 2 aromatic rings. The zero-order valence-electron chi connectivity index (χ0n) is 15.3. The number of carbonyl (C=O) groups excluding carboxylic acids is 1. The van der Waals surface area contributed by atoms with Gasteiger partial charge in [-0.2, -0.15) is 0 Å². The molecule has 0 spiro atoms. The standard InChI is InChI=1S/C20H26N4O/c1-4-23(5-2)14-9-15-24-18-12-7-6-11-17(18)22(3)20(25)16-10-8-13-21-19(16)24/h6-8,10-13H,4-5,9,14-15H2,1-3H3. The molecule has 25 heavy (non-hydrogen) atoms. The predicted molar refractivity (Wildman–Crippen MR) is 103 cm³/mol. The molecule has 1 amide bonds. The number of fused-ring (bicyclic) bond motifs is 2. The lowest BCUT2D eigenvalue weighted by atomic mass is 10.2. The van der Waals surface area contributed by atoms with E-state index in [-0.39, 0.29) is 5.91 Å². The number of nitrogens with zero attached hydrogens (tertiary/aromatic N) is 4. The number of rotatable bonds is 6. The highest BCUT2D eigenvalue weighted by Crippen LogP contribution is 2.38. The van der Waals surface area contributed by atoms with Gasteiger partial charge in [0.25, 0.3) is 5.91 Å². The molecule has 0 N–H and O–H groups in total. The maximum Gasteiger partial charge on any atom is 0.261 e. The van der Waals surface area contributed by atoms with Crippen molar-refractivity contribution in [3.8, 4) is 0 Å². The van der Waals surface area contributed by atoms with E-state index in [1.54, 1.807) is 11.1 Å². The van der Waals surface area contributed by atoms with E-state index in [0.717, 1.165) is 49.8 Å². The van der Waals surface area contributed by atoms with Gasteiger partial charge in [-0.15, -0.1) is 0 Å². The summed E-state index contributed by atoms with van der Waals surface area (Å²) in [7, 11) is 1.83. The van der Waals surface area contributed by atoms with Crippen LogP contribution in [0.4, 0.5) is 17.2 Å². The van der Waals surface area contributed by atoms with Crippen LogP contribution >= 0.6 is 0 Å². The van der Waals surface area contributed by atoms with E-state index >= 15 is 0 Å². The van der Waals surface area contributed by atoms with Gasteiger partial charge in [0.1, 0.15) is 5.82 Å². The van der Waals surface area contributed by atoms with E-state index in [1.807, 2.05) is 37.4 Å². The lowest BCUT2D eigenvalue weighted by molar-refractivity contribution is 0.0994. The summed E-state index contributed by atoms with van der Waals surface area (Å²) in [6.07, 6.45) is 2.78. The Morgan fingerprint density at radius 1 is 1.04 bits per heavy atom. The first kappa shape index (κ1) is 17.4. The Morgan fingerprint density at radius 2 is 1.76 bits per heavy atom. The van der Waals surface area contributed by atoms with E-state index < -0.39 is 0 Å². The molecule has 0 unspecified atom stereocenters. The van der Waals surface area contributed by atoms with Gasteiger partial charge >= 0.3 is 0 Å². The fourth-order valence-electron chi connectivity index (χ4n) is 3.38. The first-order valence-electron chi connectivity index (χ1n) is 8.99. The van der Waals surface area contributed by atoms with Crippen molar-refractivity contribution >= 4 is 23.1 Å². The average Bonchev–Trinajstić information content (AvgIpc) is 2.75. The zero-order valence-corrected chi connectivity index (χ0v) is 15.3. The van der Waals surface area contributed by atoms with E-state index in [9.17, 15) is 4.79 Å². The third-order valence-electron chi connectivity index (χ3n) is 4.86. The minimum Gasteiger partial charge on any atom is -0.324 e. The van der Waals surface area contributed by atoms with Gasteiger partial charge in [0.05, 0.1) is 16.9 Å². The Hall–Kier alpha value is -2.40. The van der Waals surface area contributed by atoms with Crippen molar-refractivity contribution in [3.63, 3.8) is 0 Å². The van der Waals surface area contributed by atoms with Crippen molar-refractivity contribution in [2.75, 3.05) is 43.0 Å². The SMILES string of the molecule is CCN(CC)CCCN1c2ccccc2N(C)C(=O)c2cccnc21. The Balaban J connectivity index is 1.97. The molecule has 0 atom stereocenters. The molecule has 1 aliphatic heterocycles. The monoisotopic (exact) mass is 338 g/mol. The first-order valence-corrected chi connectivity index (χ1v) is 8.99. The Labute approximate surface area is 149 Å². The average molecular weight is 338 g/mol. The molecule has 1 aromatic carbocycles. The number of amides is 1. The van der Waals surface area contributed by atoms with E-state index in [1.165, 1.54) is 0 Å². The molecule has 0 saturated heterocycles. The van der Waals surface area contributed by atoms with Crippen LogP contribution in [0.2, 0.25) is 0 Å².